The summed E-state index contributed by atoms with van der Waals surface area (Å²) < 4.78 is 5.49. The molecule has 0 spiro atoms. The highest BCUT2D eigenvalue weighted by Gasteiger charge is 2.35. The van der Waals surface area contributed by atoms with Crippen LogP contribution in [0.3, 0.4) is 0 Å². The average Bonchev–Trinajstić information content (AvgIpc) is 2.46. The lowest BCUT2D eigenvalue weighted by Crippen LogP contribution is -2.56. The normalized spacial score (nSPS) is 22.1. The second-order valence-electron chi connectivity index (χ2n) is 7.61. The molecule has 24 heavy (non-hydrogen) atoms. The lowest BCUT2D eigenvalue weighted by atomic mass is 9.99. The highest BCUT2D eigenvalue weighted by atomic mass is 16.6. The maximum Gasteiger partial charge on any atom is 0.410 e. The minimum Gasteiger partial charge on any atom is -0.444 e. The van der Waals surface area contributed by atoms with Gasteiger partial charge >= 0.3 is 6.09 Å². The first-order chi connectivity index (χ1) is 11.2. The molecule has 2 rings (SSSR count). The van der Waals surface area contributed by atoms with E-state index >= 15 is 0 Å². The SMILES string of the molecule is CC(O)[C@H](c1ccccc1)N1CCN(C(=O)OC(C)(C)C)C(C)C1. The van der Waals surface area contributed by atoms with Gasteiger partial charge in [0.1, 0.15) is 5.60 Å². The van der Waals surface area contributed by atoms with Gasteiger partial charge in [-0.05, 0) is 40.2 Å². The third-order valence-corrected chi connectivity index (χ3v) is 4.28. The number of rotatable bonds is 3. The van der Waals surface area contributed by atoms with Crippen molar-refractivity contribution in [1.82, 2.24) is 9.80 Å². The Hall–Kier alpha value is -1.59. The average molecular weight is 334 g/mol. The van der Waals surface area contributed by atoms with Crippen molar-refractivity contribution in [1.29, 1.82) is 0 Å². The molecule has 1 heterocycles. The summed E-state index contributed by atoms with van der Waals surface area (Å²) >= 11 is 0. The van der Waals surface area contributed by atoms with E-state index in [-0.39, 0.29) is 18.2 Å². The van der Waals surface area contributed by atoms with Crippen LogP contribution < -0.4 is 0 Å². The molecule has 1 aromatic carbocycles. The second-order valence-corrected chi connectivity index (χ2v) is 7.61. The maximum absolute atomic E-state index is 12.3. The fourth-order valence-electron chi connectivity index (χ4n) is 3.27. The molecule has 134 valence electrons. The summed E-state index contributed by atoms with van der Waals surface area (Å²) in [5.74, 6) is 0. The minimum absolute atomic E-state index is 0.0403. The van der Waals surface area contributed by atoms with Crippen LogP contribution in [0.1, 0.15) is 46.2 Å². The molecular formula is C19H30N2O3. The number of aliphatic hydroxyl groups excluding tert-OH is 1. The summed E-state index contributed by atoms with van der Waals surface area (Å²) in [6.45, 7) is 11.5. The molecule has 0 saturated carbocycles. The van der Waals surface area contributed by atoms with Gasteiger partial charge in [0, 0.05) is 25.7 Å². The summed E-state index contributed by atoms with van der Waals surface area (Å²) in [5, 5.41) is 10.3. The predicted octanol–water partition coefficient (Wildman–Crippen LogP) is 3.05. The Morgan fingerprint density at radius 2 is 1.88 bits per heavy atom. The molecule has 1 saturated heterocycles. The van der Waals surface area contributed by atoms with Gasteiger partial charge in [0.15, 0.2) is 0 Å². The van der Waals surface area contributed by atoms with Crippen LogP contribution in [0.15, 0.2) is 30.3 Å². The Balaban J connectivity index is 2.07. The summed E-state index contributed by atoms with van der Waals surface area (Å²) in [4.78, 5) is 16.4. The molecule has 0 bridgehead atoms. The quantitative estimate of drug-likeness (QED) is 0.923. The molecule has 1 N–H and O–H groups in total. The highest BCUT2D eigenvalue weighted by Crippen LogP contribution is 2.27. The molecule has 0 radical (unpaired) electrons. The number of ether oxygens (including phenoxy) is 1. The monoisotopic (exact) mass is 334 g/mol. The van der Waals surface area contributed by atoms with E-state index in [1.165, 1.54) is 0 Å². The summed E-state index contributed by atoms with van der Waals surface area (Å²) in [7, 11) is 0. The largest absolute Gasteiger partial charge is 0.444 e. The van der Waals surface area contributed by atoms with E-state index < -0.39 is 11.7 Å². The molecule has 0 aromatic heterocycles. The number of amides is 1. The van der Waals surface area contributed by atoms with Crippen molar-refractivity contribution in [2.45, 2.75) is 58.4 Å². The van der Waals surface area contributed by atoms with Gasteiger partial charge in [0.25, 0.3) is 0 Å². The minimum atomic E-state index is -0.486. The fraction of sp³-hybridized carbons (Fsp3) is 0.632. The number of carbonyl (C=O) groups is 1. The maximum atomic E-state index is 12.3. The summed E-state index contributed by atoms with van der Waals surface area (Å²) in [6, 6.07) is 10.0. The van der Waals surface area contributed by atoms with Crippen molar-refractivity contribution in [2.24, 2.45) is 0 Å². The van der Waals surface area contributed by atoms with E-state index in [0.717, 1.165) is 5.56 Å². The van der Waals surface area contributed by atoms with E-state index in [1.807, 2.05) is 65.0 Å². The molecule has 1 fully saturated rings. The number of benzene rings is 1. The highest BCUT2D eigenvalue weighted by molar-refractivity contribution is 5.68. The van der Waals surface area contributed by atoms with Crippen LogP contribution in [0, 0.1) is 0 Å². The van der Waals surface area contributed by atoms with Crippen LogP contribution >= 0.6 is 0 Å². The summed E-state index contributed by atoms with van der Waals surface area (Å²) in [6.07, 6.45) is -0.740. The third kappa shape index (κ3) is 4.71. The van der Waals surface area contributed by atoms with E-state index in [9.17, 15) is 9.90 Å². The van der Waals surface area contributed by atoms with Crippen LogP contribution in [0.5, 0.6) is 0 Å². The zero-order chi connectivity index (χ0) is 17.9. The Morgan fingerprint density at radius 1 is 1.25 bits per heavy atom. The number of hydrogen-bond acceptors (Lipinski definition) is 4. The van der Waals surface area contributed by atoms with Gasteiger partial charge in [-0.1, -0.05) is 30.3 Å². The van der Waals surface area contributed by atoms with E-state index in [2.05, 4.69) is 4.90 Å². The van der Waals surface area contributed by atoms with Gasteiger partial charge < -0.3 is 14.7 Å². The number of carbonyl (C=O) groups excluding carboxylic acids is 1. The van der Waals surface area contributed by atoms with Crippen molar-refractivity contribution in [3.05, 3.63) is 35.9 Å². The Kier molecular flexibility index (Phi) is 5.88. The zero-order valence-electron chi connectivity index (χ0n) is 15.4. The van der Waals surface area contributed by atoms with Gasteiger partial charge in [-0.2, -0.15) is 0 Å². The Labute approximate surface area is 145 Å². The van der Waals surface area contributed by atoms with Crippen molar-refractivity contribution >= 4 is 6.09 Å². The number of aliphatic hydroxyl groups is 1. The third-order valence-electron chi connectivity index (χ3n) is 4.28. The molecule has 1 aromatic rings. The van der Waals surface area contributed by atoms with E-state index in [1.54, 1.807) is 4.90 Å². The Bertz CT molecular complexity index is 539. The van der Waals surface area contributed by atoms with Crippen molar-refractivity contribution in [3.63, 3.8) is 0 Å². The second kappa shape index (κ2) is 7.53. The van der Waals surface area contributed by atoms with Gasteiger partial charge in [0.05, 0.1) is 12.1 Å². The summed E-state index contributed by atoms with van der Waals surface area (Å²) in [5.41, 5.74) is 0.616. The lowest BCUT2D eigenvalue weighted by Gasteiger charge is -2.44. The smallest absolute Gasteiger partial charge is 0.410 e. The molecule has 5 nitrogen and oxygen atoms in total. The van der Waals surface area contributed by atoms with Crippen LogP contribution in [0.2, 0.25) is 0 Å². The zero-order valence-corrected chi connectivity index (χ0v) is 15.4. The van der Waals surface area contributed by atoms with Crippen LogP contribution in [0.25, 0.3) is 0 Å². The van der Waals surface area contributed by atoms with Crippen LogP contribution in [-0.4, -0.2) is 58.4 Å². The van der Waals surface area contributed by atoms with Gasteiger partial charge in [-0.15, -0.1) is 0 Å². The first-order valence-corrected chi connectivity index (χ1v) is 8.65. The Morgan fingerprint density at radius 3 is 2.38 bits per heavy atom. The van der Waals surface area contributed by atoms with E-state index in [0.29, 0.717) is 19.6 Å². The molecule has 1 aliphatic rings. The van der Waals surface area contributed by atoms with Gasteiger partial charge in [0.2, 0.25) is 0 Å². The van der Waals surface area contributed by atoms with Gasteiger partial charge in [-0.3, -0.25) is 4.90 Å². The molecule has 1 aliphatic heterocycles. The number of piperazine rings is 1. The number of nitrogens with zero attached hydrogens (tertiary/aromatic N) is 2. The first-order valence-electron chi connectivity index (χ1n) is 8.65. The van der Waals surface area contributed by atoms with Crippen molar-refractivity contribution in [2.75, 3.05) is 19.6 Å². The first kappa shape index (κ1) is 18.7. The topological polar surface area (TPSA) is 53.0 Å². The van der Waals surface area contributed by atoms with Gasteiger partial charge in [-0.25, -0.2) is 4.79 Å². The lowest BCUT2D eigenvalue weighted by molar-refractivity contribution is -0.0187. The van der Waals surface area contributed by atoms with Crippen LogP contribution in [-0.2, 0) is 4.74 Å². The molecule has 0 aliphatic carbocycles. The molecule has 5 heteroatoms. The molecule has 3 atom stereocenters. The standard InChI is InChI=1S/C19H30N2O3/c1-14-13-20(11-12-21(14)18(23)24-19(3,4)5)17(15(2)22)16-9-7-6-8-10-16/h6-10,14-15,17,22H,11-13H2,1-5H3/t14?,15?,17-/m1/s1. The van der Waals surface area contributed by atoms with Crippen LogP contribution in [0.4, 0.5) is 4.79 Å². The fourth-order valence-corrected chi connectivity index (χ4v) is 3.27. The predicted molar refractivity (Wildman–Crippen MR) is 94.8 cm³/mol. The van der Waals surface area contributed by atoms with Crippen molar-refractivity contribution < 1.29 is 14.6 Å². The number of hydrogen-bond donors (Lipinski definition) is 1. The molecule has 1 amide bonds. The molecular weight excluding hydrogens is 304 g/mol. The van der Waals surface area contributed by atoms with Crippen molar-refractivity contribution in [3.8, 4) is 0 Å². The molecule has 2 unspecified atom stereocenters. The van der Waals surface area contributed by atoms with E-state index in [4.69, 9.17) is 4.74 Å².